The number of rotatable bonds is 3. The van der Waals surface area contributed by atoms with Crippen LogP contribution >= 0.6 is 0 Å². The van der Waals surface area contributed by atoms with Gasteiger partial charge in [0, 0.05) is 0 Å². The molecular weight excluding hydrogens is 278 g/mol. The summed E-state index contributed by atoms with van der Waals surface area (Å²) in [5.41, 5.74) is 3.25. The van der Waals surface area contributed by atoms with Crippen LogP contribution in [0.1, 0.15) is 16.7 Å². The largest absolute Gasteiger partial charge is 0.497 e. The fraction of sp³-hybridized carbons (Fsp3) is 0.111. The highest BCUT2D eigenvalue weighted by Gasteiger charge is 2.32. The Bertz CT molecular complexity index is 788. The zero-order chi connectivity index (χ0) is 15.7. The zero-order valence-electron chi connectivity index (χ0n) is 12.3. The lowest BCUT2D eigenvalue weighted by Gasteiger charge is -2.08. The molecule has 22 heavy (non-hydrogen) atoms. The van der Waals surface area contributed by atoms with Gasteiger partial charge in [-0.1, -0.05) is 36.4 Å². The van der Waals surface area contributed by atoms with Gasteiger partial charge >= 0.3 is 0 Å². The summed E-state index contributed by atoms with van der Waals surface area (Å²) in [6, 6.07) is 14.6. The van der Waals surface area contributed by atoms with Gasteiger partial charge < -0.3 is 4.74 Å². The van der Waals surface area contributed by atoms with Crippen molar-refractivity contribution in [2.75, 3.05) is 7.11 Å². The molecule has 0 atom stereocenters. The van der Waals surface area contributed by atoms with Crippen LogP contribution in [0.2, 0.25) is 0 Å². The Morgan fingerprint density at radius 3 is 2.14 bits per heavy atom. The summed E-state index contributed by atoms with van der Waals surface area (Å²) in [6.07, 6.45) is 0. The van der Waals surface area contributed by atoms with E-state index in [1.807, 2.05) is 31.2 Å². The maximum atomic E-state index is 12.2. The minimum absolute atomic E-state index is 0.356. The van der Waals surface area contributed by atoms with Crippen molar-refractivity contribution in [1.29, 1.82) is 0 Å². The first-order chi connectivity index (χ1) is 10.6. The molecule has 0 fully saturated rings. The summed E-state index contributed by atoms with van der Waals surface area (Å²) in [6.45, 7) is 1.92. The quantitative estimate of drug-likeness (QED) is 0.885. The van der Waals surface area contributed by atoms with Crippen LogP contribution in [0.25, 0.3) is 11.1 Å². The zero-order valence-corrected chi connectivity index (χ0v) is 12.3. The van der Waals surface area contributed by atoms with E-state index in [9.17, 15) is 9.59 Å². The molecule has 1 aliphatic heterocycles. The molecule has 1 heterocycles. The molecule has 1 N–H and O–H groups in total. The number of aryl methyl sites for hydroxylation is 1. The van der Waals surface area contributed by atoms with Crippen LogP contribution < -0.4 is 10.1 Å². The second kappa shape index (κ2) is 5.48. The first-order valence-electron chi connectivity index (χ1n) is 6.92. The Kier molecular flexibility index (Phi) is 3.51. The highest BCUT2D eigenvalue weighted by atomic mass is 16.5. The molecular formula is C18H15NO3. The van der Waals surface area contributed by atoms with Crippen LogP contribution in [0, 0.1) is 6.92 Å². The van der Waals surface area contributed by atoms with Crippen molar-refractivity contribution in [2.24, 2.45) is 0 Å². The molecule has 0 unspecified atom stereocenters. The number of carbonyl (C=O) groups excluding carboxylic acids is 2. The van der Waals surface area contributed by atoms with Crippen LogP contribution in [-0.2, 0) is 9.59 Å². The number of hydrogen-bond acceptors (Lipinski definition) is 3. The molecule has 4 heteroatoms. The average Bonchev–Trinajstić information content (AvgIpc) is 2.82. The lowest BCUT2D eigenvalue weighted by molar-refractivity contribution is -0.122. The van der Waals surface area contributed by atoms with E-state index in [-0.39, 0.29) is 11.8 Å². The molecule has 0 aliphatic carbocycles. The van der Waals surface area contributed by atoms with Gasteiger partial charge in [-0.25, -0.2) is 0 Å². The Balaban J connectivity index is 2.20. The van der Waals surface area contributed by atoms with E-state index in [2.05, 4.69) is 5.32 Å². The third-order valence-corrected chi connectivity index (χ3v) is 3.72. The predicted octanol–water partition coefficient (Wildman–Crippen LogP) is 2.57. The highest BCUT2D eigenvalue weighted by Crippen LogP contribution is 2.33. The fourth-order valence-electron chi connectivity index (χ4n) is 2.60. The van der Waals surface area contributed by atoms with E-state index in [1.165, 1.54) is 0 Å². The molecule has 2 aromatic carbocycles. The van der Waals surface area contributed by atoms with E-state index >= 15 is 0 Å². The summed E-state index contributed by atoms with van der Waals surface area (Å²) in [7, 11) is 1.58. The molecule has 0 radical (unpaired) electrons. The third-order valence-electron chi connectivity index (χ3n) is 3.72. The molecule has 110 valence electrons. The fourth-order valence-corrected chi connectivity index (χ4v) is 2.60. The molecule has 0 saturated carbocycles. The van der Waals surface area contributed by atoms with E-state index < -0.39 is 0 Å². The van der Waals surface area contributed by atoms with E-state index in [1.54, 1.807) is 31.4 Å². The predicted molar refractivity (Wildman–Crippen MR) is 84.1 cm³/mol. The second-order valence-electron chi connectivity index (χ2n) is 5.08. The number of methoxy groups -OCH3 is 1. The van der Waals surface area contributed by atoms with Crippen molar-refractivity contribution in [1.82, 2.24) is 5.32 Å². The van der Waals surface area contributed by atoms with E-state index in [4.69, 9.17) is 4.74 Å². The molecule has 3 rings (SSSR count). The Labute approximate surface area is 128 Å². The van der Waals surface area contributed by atoms with Gasteiger partial charge in [-0.3, -0.25) is 14.9 Å². The Morgan fingerprint density at radius 1 is 0.864 bits per heavy atom. The minimum atomic E-state index is -0.367. The molecule has 2 amide bonds. The van der Waals surface area contributed by atoms with Gasteiger partial charge in [-0.15, -0.1) is 0 Å². The topological polar surface area (TPSA) is 55.4 Å². The number of hydrogen-bond donors (Lipinski definition) is 1. The average molecular weight is 293 g/mol. The van der Waals surface area contributed by atoms with Gasteiger partial charge in [0.2, 0.25) is 0 Å². The lowest BCUT2D eigenvalue weighted by atomic mass is 9.93. The lowest BCUT2D eigenvalue weighted by Crippen LogP contribution is -2.22. The van der Waals surface area contributed by atoms with Crippen molar-refractivity contribution in [2.45, 2.75) is 6.92 Å². The molecule has 4 nitrogen and oxygen atoms in total. The van der Waals surface area contributed by atoms with Crippen LogP contribution in [-0.4, -0.2) is 18.9 Å². The van der Waals surface area contributed by atoms with Crippen LogP contribution in [0.15, 0.2) is 48.5 Å². The smallest absolute Gasteiger partial charge is 0.259 e. The summed E-state index contributed by atoms with van der Waals surface area (Å²) >= 11 is 0. The highest BCUT2D eigenvalue weighted by molar-refractivity contribution is 6.49. The van der Waals surface area contributed by atoms with Crippen molar-refractivity contribution in [3.63, 3.8) is 0 Å². The molecule has 0 spiro atoms. The number of ether oxygens (including phenoxy) is 1. The summed E-state index contributed by atoms with van der Waals surface area (Å²) in [4.78, 5) is 24.4. The summed E-state index contributed by atoms with van der Waals surface area (Å²) in [5, 5.41) is 2.39. The molecule has 0 bridgehead atoms. The van der Waals surface area contributed by atoms with Gasteiger partial charge in [-0.05, 0) is 35.7 Å². The molecule has 0 saturated heterocycles. The number of nitrogens with one attached hydrogen (secondary N) is 1. The van der Waals surface area contributed by atoms with Gasteiger partial charge in [0.1, 0.15) is 5.75 Å². The van der Waals surface area contributed by atoms with Crippen molar-refractivity contribution < 1.29 is 14.3 Å². The van der Waals surface area contributed by atoms with Gasteiger partial charge in [0.05, 0.1) is 18.3 Å². The van der Waals surface area contributed by atoms with Gasteiger partial charge in [0.15, 0.2) is 0 Å². The van der Waals surface area contributed by atoms with Crippen molar-refractivity contribution in [3.8, 4) is 5.75 Å². The van der Waals surface area contributed by atoms with Crippen LogP contribution in [0.4, 0.5) is 0 Å². The van der Waals surface area contributed by atoms with E-state index in [0.29, 0.717) is 22.5 Å². The van der Waals surface area contributed by atoms with E-state index in [0.717, 1.165) is 11.1 Å². The maximum Gasteiger partial charge on any atom is 0.259 e. The second-order valence-corrected chi connectivity index (χ2v) is 5.08. The Hall–Kier alpha value is -2.88. The number of amides is 2. The number of benzene rings is 2. The normalized spacial score (nSPS) is 14.3. The SMILES string of the molecule is COc1ccc(C2=C(c3ccccc3C)C(=O)NC2=O)cc1. The first-order valence-corrected chi connectivity index (χ1v) is 6.92. The minimum Gasteiger partial charge on any atom is -0.497 e. The van der Waals surface area contributed by atoms with Crippen LogP contribution in [0.5, 0.6) is 5.75 Å². The third kappa shape index (κ3) is 2.29. The monoisotopic (exact) mass is 293 g/mol. The summed E-state index contributed by atoms with van der Waals surface area (Å²) < 4.78 is 5.13. The molecule has 0 aromatic heterocycles. The Morgan fingerprint density at radius 2 is 1.50 bits per heavy atom. The summed E-state index contributed by atoms with van der Waals surface area (Å²) in [5.74, 6) is -0.0231. The molecule has 1 aliphatic rings. The van der Waals surface area contributed by atoms with Crippen molar-refractivity contribution in [3.05, 3.63) is 65.2 Å². The van der Waals surface area contributed by atoms with Crippen molar-refractivity contribution >= 4 is 23.0 Å². The van der Waals surface area contributed by atoms with Crippen LogP contribution in [0.3, 0.4) is 0 Å². The van der Waals surface area contributed by atoms with Gasteiger partial charge in [0.25, 0.3) is 11.8 Å². The van der Waals surface area contributed by atoms with Gasteiger partial charge in [-0.2, -0.15) is 0 Å². The standard InChI is InChI=1S/C18H15NO3/c1-11-5-3-4-6-14(11)16-15(17(20)19-18(16)21)12-7-9-13(22-2)10-8-12/h3-10H,1-2H3,(H,19,20,21). The molecule has 2 aromatic rings. The number of carbonyl (C=O) groups is 2. The maximum absolute atomic E-state index is 12.2. The first kappa shape index (κ1) is 14.1. The number of imide groups is 1.